The van der Waals surface area contributed by atoms with Crippen LogP contribution in [0, 0.1) is 18.6 Å². The van der Waals surface area contributed by atoms with Gasteiger partial charge in [0, 0.05) is 32.6 Å². The van der Waals surface area contributed by atoms with Crippen molar-refractivity contribution >= 4 is 15.9 Å². The molecule has 1 aliphatic rings. The third kappa shape index (κ3) is 6.33. The van der Waals surface area contributed by atoms with Crippen LogP contribution in [-0.4, -0.2) is 58.6 Å². The van der Waals surface area contributed by atoms with Gasteiger partial charge >= 0.3 is 0 Å². The van der Waals surface area contributed by atoms with Crippen LogP contribution in [0.3, 0.4) is 0 Å². The topological polar surface area (TPSA) is 101 Å². The largest absolute Gasteiger partial charge is 0.465 e. The maximum Gasteiger partial charge on any atom is 0.240 e. The Morgan fingerprint density at radius 3 is 2.55 bits per heavy atom. The Morgan fingerprint density at radius 2 is 1.90 bits per heavy atom. The van der Waals surface area contributed by atoms with Gasteiger partial charge in [-0.2, -0.15) is 0 Å². The third-order valence-corrected chi connectivity index (χ3v) is 6.37. The highest BCUT2D eigenvalue weighted by molar-refractivity contribution is 7.89. The fourth-order valence-corrected chi connectivity index (χ4v) is 4.30. The summed E-state index contributed by atoms with van der Waals surface area (Å²) in [7, 11) is -4.06. The average molecular weight is 457 g/mol. The summed E-state index contributed by atoms with van der Waals surface area (Å²) in [4.78, 5) is 14.0. The maximum atomic E-state index is 13.3. The number of amides is 1. The van der Waals surface area contributed by atoms with Crippen molar-refractivity contribution in [2.75, 3.05) is 39.4 Å². The Balaban J connectivity index is 1.52. The van der Waals surface area contributed by atoms with Crippen LogP contribution >= 0.6 is 0 Å². The van der Waals surface area contributed by atoms with Gasteiger partial charge in [-0.05, 0) is 37.3 Å². The molecule has 1 aliphatic heterocycles. The second-order valence-corrected chi connectivity index (χ2v) is 8.91. The van der Waals surface area contributed by atoms with Crippen molar-refractivity contribution in [1.82, 2.24) is 14.9 Å². The van der Waals surface area contributed by atoms with Crippen LogP contribution in [0.25, 0.3) is 0 Å². The van der Waals surface area contributed by atoms with Crippen LogP contribution in [0.15, 0.2) is 39.6 Å². The molecule has 1 saturated heterocycles. The van der Waals surface area contributed by atoms with Crippen molar-refractivity contribution in [3.63, 3.8) is 0 Å². The summed E-state index contributed by atoms with van der Waals surface area (Å²) in [6, 6.07) is 5.85. The number of benzene rings is 1. The first kappa shape index (κ1) is 23.3. The van der Waals surface area contributed by atoms with Crippen LogP contribution in [-0.2, 0) is 19.6 Å². The number of ether oxygens (including phenoxy) is 1. The molecule has 1 fully saturated rings. The molecule has 0 spiro atoms. The van der Waals surface area contributed by atoms with E-state index < -0.39 is 26.6 Å². The summed E-state index contributed by atoms with van der Waals surface area (Å²) < 4.78 is 64.0. The molecule has 0 bridgehead atoms. The summed E-state index contributed by atoms with van der Waals surface area (Å²) >= 11 is 0. The van der Waals surface area contributed by atoms with Gasteiger partial charge in [0.05, 0.1) is 24.2 Å². The summed E-state index contributed by atoms with van der Waals surface area (Å²) in [5.74, 6) is -1.25. The summed E-state index contributed by atoms with van der Waals surface area (Å²) in [5.41, 5.74) is 0. The number of sulfonamides is 1. The first-order valence-corrected chi connectivity index (χ1v) is 11.3. The van der Waals surface area contributed by atoms with Crippen LogP contribution in [0.4, 0.5) is 8.78 Å². The van der Waals surface area contributed by atoms with Crippen molar-refractivity contribution in [2.45, 2.75) is 24.3 Å². The number of morpholine rings is 1. The van der Waals surface area contributed by atoms with E-state index in [1.54, 1.807) is 0 Å². The number of nitrogens with one attached hydrogen (secondary N) is 2. The van der Waals surface area contributed by atoms with Crippen LogP contribution < -0.4 is 10.0 Å². The van der Waals surface area contributed by atoms with Gasteiger partial charge in [0.1, 0.15) is 11.5 Å². The van der Waals surface area contributed by atoms with Gasteiger partial charge in [-0.1, -0.05) is 0 Å². The summed E-state index contributed by atoms with van der Waals surface area (Å²) in [6.07, 6.45) is -0.115. The van der Waals surface area contributed by atoms with Crippen LogP contribution in [0.1, 0.15) is 24.0 Å². The van der Waals surface area contributed by atoms with E-state index >= 15 is 0 Å². The third-order valence-electron chi connectivity index (χ3n) is 4.91. The quantitative estimate of drug-likeness (QED) is 0.595. The van der Waals surface area contributed by atoms with E-state index in [1.807, 2.05) is 19.1 Å². The fourth-order valence-electron chi connectivity index (χ4n) is 3.26. The van der Waals surface area contributed by atoms with Crippen molar-refractivity contribution < 1.29 is 31.1 Å². The van der Waals surface area contributed by atoms with E-state index in [9.17, 15) is 22.0 Å². The summed E-state index contributed by atoms with van der Waals surface area (Å²) in [5, 5.41) is 2.80. The standard InChI is InChI=1S/C20H25F2N3O5S/c1-14-2-5-19(30-14)18(25-8-10-29-11-9-25)13-23-20(26)6-7-24-31(27,28)15-3-4-16(21)17(22)12-15/h2-5,12,18,24H,6-11,13H2,1H3,(H,23,26). The molecule has 31 heavy (non-hydrogen) atoms. The molecule has 0 aliphatic carbocycles. The number of nitrogens with zero attached hydrogens (tertiary/aromatic N) is 1. The van der Waals surface area contributed by atoms with E-state index in [-0.39, 0.29) is 24.9 Å². The van der Waals surface area contributed by atoms with Gasteiger partial charge < -0.3 is 14.5 Å². The molecule has 1 aromatic heterocycles. The van der Waals surface area contributed by atoms with Crippen molar-refractivity contribution in [3.05, 3.63) is 53.5 Å². The molecule has 1 aromatic carbocycles. The van der Waals surface area contributed by atoms with E-state index in [0.717, 1.165) is 23.7 Å². The zero-order chi connectivity index (χ0) is 22.4. The second kappa shape index (κ2) is 10.3. The molecule has 8 nitrogen and oxygen atoms in total. The number of aryl methyl sites for hydroxylation is 1. The van der Waals surface area contributed by atoms with E-state index in [0.29, 0.717) is 38.9 Å². The number of carbonyl (C=O) groups is 1. The SMILES string of the molecule is Cc1ccc(C(CNC(=O)CCNS(=O)(=O)c2ccc(F)c(F)c2)N2CCOCC2)o1. The number of hydrogen-bond acceptors (Lipinski definition) is 6. The first-order valence-electron chi connectivity index (χ1n) is 9.86. The predicted molar refractivity (Wildman–Crippen MR) is 108 cm³/mol. The van der Waals surface area contributed by atoms with E-state index in [4.69, 9.17) is 9.15 Å². The highest BCUT2D eigenvalue weighted by Crippen LogP contribution is 2.23. The van der Waals surface area contributed by atoms with Crippen LogP contribution in [0.5, 0.6) is 0 Å². The Hall–Kier alpha value is -2.34. The van der Waals surface area contributed by atoms with Gasteiger partial charge in [-0.25, -0.2) is 21.9 Å². The summed E-state index contributed by atoms with van der Waals surface area (Å²) in [6.45, 7) is 4.54. The smallest absolute Gasteiger partial charge is 0.240 e. The fraction of sp³-hybridized carbons (Fsp3) is 0.450. The average Bonchev–Trinajstić information content (AvgIpc) is 3.16. The monoisotopic (exact) mass is 457 g/mol. The molecule has 2 N–H and O–H groups in total. The zero-order valence-corrected chi connectivity index (χ0v) is 17.9. The van der Waals surface area contributed by atoms with Crippen molar-refractivity contribution in [2.24, 2.45) is 0 Å². The number of furan rings is 1. The maximum absolute atomic E-state index is 13.3. The Bertz CT molecular complexity index is 1010. The minimum Gasteiger partial charge on any atom is -0.465 e. The first-order chi connectivity index (χ1) is 14.8. The molecule has 3 rings (SSSR count). The molecule has 1 amide bonds. The van der Waals surface area contributed by atoms with Crippen LogP contribution in [0.2, 0.25) is 0 Å². The lowest BCUT2D eigenvalue weighted by atomic mass is 10.1. The minimum absolute atomic E-state index is 0.115. The van der Waals surface area contributed by atoms with Gasteiger partial charge in [0.15, 0.2) is 11.6 Å². The number of carbonyl (C=O) groups excluding carboxylic acids is 1. The van der Waals surface area contributed by atoms with Crippen molar-refractivity contribution in [3.8, 4) is 0 Å². The zero-order valence-electron chi connectivity index (χ0n) is 17.1. The van der Waals surface area contributed by atoms with Gasteiger partial charge in [-0.3, -0.25) is 9.69 Å². The van der Waals surface area contributed by atoms with E-state index in [1.165, 1.54) is 0 Å². The van der Waals surface area contributed by atoms with Gasteiger partial charge in [-0.15, -0.1) is 0 Å². The lowest BCUT2D eigenvalue weighted by Gasteiger charge is -2.33. The number of halogens is 2. The van der Waals surface area contributed by atoms with Gasteiger partial charge in [0.2, 0.25) is 15.9 Å². The molecule has 11 heteroatoms. The molecular formula is C20H25F2N3O5S. The molecule has 0 saturated carbocycles. The minimum atomic E-state index is -4.06. The number of hydrogen-bond donors (Lipinski definition) is 2. The molecule has 0 radical (unpaired) electrons. The van der Waals surface area contributed by atoms with Gasteiger partial charge in [0.25, 0.3) is 0 Å². The molecular weight excluding hydrogens is 432 g/mol. The molecule has 2 aromatic rings. The highest BCUT2D eigenvalue weighted by atomic mass is 32.2. The molecule has 1 atom stereocenters. The lowest BCUT2D eigenvalue weighted by Crippen LogP contribution is -2.44. The molecule has 1 unspecified atom stereocenters. The Morgan fingerprint density at radius 1 is 1.16 bits per heavy atom. The second-order valence-electron chi connectivity index (χ2n) is 7.14. The highest BCUT2D eigenvalue weighted by Gasteiger charge is 2.25. The number of rotatable bonds is 9. The normalized spacial score (nSPS) is 16.2. The lowest BCUT2D eigenvalue weighted by molar-refractivity contribution is -0.121. The van der Waals surface area contributed by atoms with Crippen molar-refractivity contribution in [1.29, 1.82) is 0 Å². The predicted octanol–water partition coefficient (Wildman–Crippen LogP) is 1.72. The Labute approximate surface area is 179 Å². The molecule has 170 valence electrons. The Kier molecular flexibility index (Phi) is 7.76. The van der Waals surface area contributed by atoms with E-state index in [2.05, 4.69) is 14.9 Å². The molecule has 2 heterocycles.